The normalized spacial score (nSPS) is 10.5. The monoisotopic (exact) mass is 162 g/mol. The number of carboxylic acid groups (broad SMARTS) is 1. The fourth-order valence-corrected chi connectivity index (χ4v) is 0.433. The number of rotatable bonds is 3. The van der Waals surface area contributed by atoms with Crippen molar-refractivity contribution in [1.29, 1.82) is 0 Å². The molecule has 0 radical (unpaired) electrons. The van der Waals surface area contributed by atoms with E-state index in [-0.39, 0.29) is 18.9 Å². The zero-order chi connectivity index (χ0) is 8.20. The molecule has 0 amide bonds. The molecular formula is C5H6F3LiO2. The Morgan fingerprint density at radius 2 is 1.82 bits per heavy atom. The molecule has 0 aromatic carbocycles. The van der Waals surface area contributed by atoms with Gasteiger partial charge in [0.05, 0.1) is 0 Å². The maximum absolute atomic E-state index is 11.3. The van der Waals surface area contributed by atoms with Crippen LogP contribution in [0.2, 0.25) is 0 Å². The van der Waals surface area contributed by atoms with Crippen LogP contribution in [0.5, 0.6) is 0 Å². The second-order valence-corrected chi connectivity index (χ2v) is 1.84. The molecule has 11 heavy (non-hydrogen) atoms. The van der Waals surface area contributed by atoms with Gasteiger partial charge in [0, 0.05) is 12.4 Å². The first-order valence-corrected chi connectivity index (χ1v) is 2.68. The second kappa shape index (κ2) is 5.50. The third-order valence-electron chi connectivity index (χ3n) is 0.841. The summed E-state index contributed by atoms with van der Waals surface area (Å²) >= 11 is 0. The predicted octanol–water partition coefficient (Wildman–Crippen LogP) is -2.53. The molecule has 0 rings (SSSR count). The minimum atomic E-state index is -4.25. The fraction of sp³-hybridized carbons (Fsp3) is 0.800. The summed E-state index contributed by atoms with van der Waals surface area (Å²) in [6.07, 6.45) is -6.23. The molecule has 0 N–H and O–H groups in total. The maximum Gasteiger partial charge on any atom is 1.00 e. The Hall–Kier alpha value is -0.143. The third kappa shape index (κ3) is 12.9. The van der Waals surface area contributed by atoms with Gasteiger partial charge in [-0.15, -0.1) is 0 Å². The number of carbonyl (C=O) groups is 1. The van der Waals surface area contributed by atoms with E-state index < -0.39 is 31.4 Å². The molecule has 0 aliphatic rings. The van der Waals surface area contributed by atoms with Gasteiger partial charge in [0.1, 0.15) is 0 Å². The number of hydrogen-bond acceptors (Lipinski definition) is 2. The van der Waals surface area contributed by atoms with Crippen molar-refractivity contribution >= 4 is 5.97 Å². The molecule has 0 saturated heterocycles. The van der Waals surface area contributed by atoms with Gasteiger partial charge in [0.25, 0.3) is 0 Å². The van der Waals surface area contributed by atoms with Crippen molar-refractivity contribution in [1.82, 2.24) is 0 Å². The Balaban J connectivity index is 0. The quantitative estimate of drug-likeness (QED) is 0.429. The average molecular weight is 162 g/mol. The van der Waals surface area contributed by atoms with E-state index in [9.17, 15) is 23.1 Å². The van der Waals surface area contributed by atoms with Crippen LogP contribution in [0.1, 0.15) is 19.3 Å². The van der Waals surface area contributed by atoms with Crippen LogP contribution < -0.4 is 24.0 Å². The zero-order valence-corrected chi connectivity index (χ0v) is 6.07. The summed E-state index contributed by atoms with van der Waals surface area (Å²) in [4.78, 5) is 9.61. The number of carboxylic acids is 1. The molecule has 0 aliphatic heterocycles. The summed E-state index contributed by atoms with van der Waals surface area (Å²) in [7, 11) is 0. The van der Waals surface area contributed by atoms with Crippen molar-refractivity contribution in [2.75, 3.05) is 0 Å². The molecule has 0 aliphatic carbocycles. The van der Waals surface area contributed by atoms with Crippen LogP contribution in [-0.2, 0) is 4.79 Å². The van der Waals surface area contributed by atoms with Gasteiger partial charge in [0.2, 0.25) is 0 Å². The van der Waals surface area contributed by atoms with Crippen LogP contribution >= 0.6 is 0 Å². The maximum atomic E-state index is 11.3. The Morgan fingerprint density at radius 1 is 1.36 bits per heavy atom. The van der Waals surface area contributed by atoms with Crippen LogP contribution in [-0.4, -0.2) is 12.1 Å². The Kier molecular flexibility index (Phi) is 6.72. The standard InChI is InChI=1S/C5H7F3O2.Li/c6-5(7,8)3-1-2-4(9)10;/h1-3H2,(H,9,10);/q;+1/p-1. The summed E-state index contributed by atoms with van der Waals surface area (Å²) in [6, 6.07) is 0. The van der Waals surface area contributed by atoms with E-state index in [0.717, 1.165) is 0 Å². The number of aliphatic carboxylic acids is 1. The Labute approximate surface area is 73.9 Å². The van der Waals surface area contributed by atoms with Gasteiger partial charge in [-0.25, -0.2) is 0 Å². The third-order valence-corrected chi connectivity index (χ3v) is 0.841. The largest absolute Gasteiger partial charge is 1.00 e. The first-order chi connectivity index (χ1) is 4.42. The molecule has 0 aromatic rings. The first kappa shape index (κ1) is 13.4. The minimum Gasteiger partial charge on any atom is -0.550 e. The number of hydrogen-bond donors (Lipinski definition) is 0. The number of halogens is 3. The molecule has 0 bridgehead atoms. The summed E-state index contributed by atoms with van der Waals surface area (Å²) in [5, 5.41) is 9.61. The van der Waals surface area contributed by atoms with Gasteiger partial charge >= 0.3 is 25.0 Å². The summed E-state index contributed by atoms with van der Waals surface area (Å²) < 4.78 is 33.9. The Morgan fingerprint density at radius 3 is 2.09 bits per heavy atom. The molecule has 0 saturated carbocycles. The fourth-order valence-electron chi connectivity index (χ4n) is 0.433. The van der Waals surface area contributed by atoms with E-state index >= 15 is 0 Å². The summed E-state index contributed by atoms with van der Waals surface area (Å²) in [6.45, 7) is 0. The molecule has 0 unspecified atom stereocenters. The molecule has 0 fully saturated rings. The van der Waals surface area contributed by atoms with Crippen molar-refractivity contribution in [3.05, 3.63) is 0 Å². The molecule has 0 atom stereocenters. The number of alkyl halides is 3. The van der Waals surface area contributed by atoms with Crippen molar-refractivity contribution in [3.63, 3.8) is 0 Å². The van der Waals surface area contributed by atoms with E-state index in [1.165, 1.54) is 0 Å². The van der Waals surface area contributed by atoms with Gasteiger partial charge in [0.15, 0.2) is 0 Å². The van der Waals surface area contributed by atoms with E-state index in [2.05, 4.69) is 0 Å². The molecule has 60 valence electrons. The van der Waals surface area contributed by atoms with Crippen LogP contribution in [0, 0.1) is 0 Å². The van der Waals surface area contributed by atoms with Crippen molar-refractivity contribution in [2.45, 2.75) is 25.4 Å². The second-order valence-electron chi connectivity index (χ2n) is 1.84. The van der Waals surface area contributed by atoms with Crippen molar-refractivity contribution < 1.29 is 41.9 Å². The predicted molar refractivity (Wildman–Crippen MR) is 24.9 cm³/mol. The minimum absolute atomic E-state index is 0. The first-order valence-electron chi connectivity index (χ1n) is 2.68. The van der Waals surface area contributed by atoms with E-state index in [4.69, 9.17) is 0 Å². The van der Waals surface area contributed by atoms with Crippen LogP contribution in [0.25, 0.3) is 0 Å². The molecule has 0 aromatic heterocycles. The zero-order valence-electron chi connectivity index (χ0n) is 6.07. The Bertz CT molecular complexity index is 123. The topological polar surface area (TPSA) is 40.1 Å². The van der Waals surface area contributed by atoms with E-state index in [0.29, 0.717) is 0 Å². The van der Waals surface area contributed by atoms with Crippen LogP contribution in [0.3, 0.4) is 0 Å². The van der Waals surface area contributed by atoms with Gasteiger partial charge in [-0.2, -0.15) is 13.2 Å². The average Bonchev–Trinajstić information content (AvgIpc) is 1.59. The summed E-state index contributed by atoms with van der Waals surface area (Å²) in [5.74, 6) is -1.44. The molecule has 2 nitrogen and oxygen atoms in total. The van der Waals surface area contributed by atoms with Gasteiger partial charge < -0.3 is 9.90 Å². The van der Waals surface area contributed by atoms with Gasteiger partial charge in [-0.05, 0) is 12.8 Å². The SMILES string of the molecule is O=C([O-])CCCC(F)(F)F.[Li+]. The molecular weight excluding hydrogens is 156 g/mol. The van der Waals surface area contributed by atoms with Crippen molar-refractivity contribution in [2.24, 2.45) is 0 Å². The molecule has 0 heterocycles. The van der Waals surface area contributed by atoms with Crippen LogP contribution in [0.4, 0.5) is 13.2 Å². The van der Waals surface area contributed by atoms with Crippen LogP contribution in [0.15, 0.2) is 0 Å². The van der Waals surface area contributed by atoms with Gasteiger partial charge in [-0.1, -0.05) is 0 Å². The van der Waals surface area contributed by atoms with E-state index in [1.807, 2.05) is 0 Å². The molecule has 0 spiro atoms. The smallest absolute Gasteiger partial charge is 0.550 e. The van der Waals surface area contributed by atoms with Gasteiger partial charge in [-0.3, -0.25) is 0 Å². The number of carbonyl (C=O) groups excluding carboxylic acids is 1. The van der Waals surface area contributed by atoms with E-state index in [1.54, 1.807) is 0 Å². The molecule has 6 heteroatoms. The summed E-state index contributed by atoms with van der Waals surface area (Å²) in [5.41, 5.74) is 0. The van der Waals surface area contributed by atoms with Crippen molar-refractivity contribution in [3.8, 4) is 0 Å².